The number of hydrogen-bond donors (Lipinski definition) is 0. The van der Waals surface area contributed by atoms with Crippen LogP contribution in [0.3, 0.4) is 0 Å². The number of carbonyl (C=O) groups excluding carboxylic acids is 2. The Morgan fingerprint density at radius 1 is 0.778 bits per heavy atom. The van der Waals surface area contributed by atoms with Gasteiger partial charge in [0.2, 0.25) is 0 Å². The van der Waals surface area contributed by atoms with Crippen molar-refractivity contribution in [3.63, 3.8) is 0 Å². The molecule has 0 aromatic rings. The lowest BCUT2D eigenvalue weighted by molar-refractivity contribution is 0.0536. The summed E-state index contributed by atoms with van der Waals surface area (Å²) in [5.41, 5.74) is 0. The number of rotatable bonds is 6. The van der Waals surface area contributed by atoms with Crippen LogP contribution in [0.1, 0.15) is 39.5 Å². The first-order chi connectivity index (χ1) is 8.62. The Morgan fingerprint density at radius 2 is 1.17 bits per heavy atom. The van der Waals surface area contributed by atoms with Gasteiger partial charge >= 0.3 is 12.3 Å². The molecular weight excluding hydrogens is 240 g/mol. The van der Waals surface area contributed by atoms with E-state index in [4.69, 9.17) is 9.47 Å². The Balaban J connectivity index is 0. The van der Waals surface area contributed by atoms with Crippen LogP contribution in [0, 0.1) is 0 Å². The predicted octanol–water partition coefficient (Wildman–Crippen LogP) is 3.14. The average molecular weight is 264 g/mol. The third kappa shape index (κ3) is 17.0. The van der Waals surface area contributed by atoms with E-state index in [2.05, 4.69) is 9.47 Å². The van der Waals surface area contributed by atoms with Crippen LogP contribution in [-0.4, -0.2) is 39.7 Å². The van der Waals surface area contributed by atoms with Gasteiger partial charge in [-0.25, -0.2) is 9.59 Å². The van der Waals surface area contributed by atoms with E-state index < -0.39 is 12.3 Å². The van der Waals surface area contributed by atoms with Gasteiger partial charge < -0.3 is 18.9 Å². The van der Waals surface area contributed by atoms with E-state index in [0.717, 1.165) is 25.7 Å². The molecule has 108 valence electrons. The number of ether oxygens (including phenoxy) is 4. The molecule has 18 heavy (non-hydrogen) atoms. The molecule has 0 aromatic heterocycles. The molecule has 0 amide bonds. The quantitative estimate of drug-likeness (QED) is 0.542. The zero-order chi connectivity index (χ0) is 14.2. The van der Waals surface area contributed by atoms with E-state index in [1.807, 2.05) is 13.8 Å². The molecule has 0 saturated carbocycles. The Morgan fingerprint density at radius 3 is 1.39 bits per heavy atom. The molecule has 0 aliphatic rings. The Labute approximate surface area is 109 Å². The van der Waals surface area contributed by atoms with Crippen molar-refractivity contribution in [2.24, 2.45) is 0 Å². The van der Waals surface area contributed by atoms with Crippen LogP contribution < -0.4 is 0 Å². The van der Waals surface area contributed by atoms with Crippen molar-refractivity contribution in [1.82, 2.24) is 0 Å². The first kappa shape index (κ1) is 18.9. The second-order valence-corrected chi connectivity index (χ2v) is 3.31. The first-order valence-electron chi connectivity index (χ1n) is 6.03. The van der Waals surface area contributed by atoms with Crippen molar-refractivity contribution in [3.05, 3.63) is 0 Å². The zero-order valence-electron chi connectivity index (χ0n) is 11.7. The van der Waals surface area contributed by atoms with Crippen molar-refractivity contribution >= 4 is 12.3 Å². The number of unbranched alkanes of at least 4 members (excludes halogenated alkanes) is 2. The second-order valence-electron chi connectivity index (χ2n) is 3.31. The summed E-state index contributed by atoms with van der Waals surface area (Å²) in [6, 6.07) is 0. The second kappa shape index (κ2) is 15.5. The highest BCUT2D eigenvalue weighted by Gasteiger charge is 2.00. The summed E-state index contributed by atoms with van der Waals surface area (Å²) in [5.74, 6) is 0. The van der Waals surface area contributed by atoms with Gasteiger partial charge in [-0.3, -0.25) is 0 Å². The number of carbonyl (C=O) groups is 2. The minimum absolute atomic E-state index is 0.474. The van der Waals surface area contributed by atoms with Gasteiger partial charge in [0, 0.05) is 0 Å². The molecular formula is C12H24O6. The van der Waals surface area contributed by atoms with Gasteiger partial charge in [0.25, 0.3) is 0 Å². The van der Waals surface area contributed by atoms with Gasteiger partial charge in [-0.1, -0.05) is 26.7 Å². The molecule has 0 unspecified atom stereocenters. The highest BCUT2D eigenvalue weighted by atomic mass is 16.7. The van der Waals surface area contributed by atoms with Crippen LogP contribution in [0.4, 0.5) is 9.59 Å². The summed E-state index contributed by atoms with van der Waals surface area (Å²) in [5, 5.41) is 0. The van der Waals surface area contributed by atoms with Crippen molar-refractivity contribution in [1.29, 1.82) is 0 Å². The van der Waals surface area contributed by atoms with Gasteiger partial charge in [0.1, 0.15) is 0 Å². The number of hydrogen-bond acceptors (Lipinski definition) is 6. The summed E-state index contributed by atoms with van der Waals surface area (Å²) >= 11 is 0. The van der Waals surface area contributed by atoms with Crippen LogP contribution >= 0.6 is 0 Å². The molecule has 0 aliphatic heterocycles. The van der Waals surface area contributed by atoms with E-state index in [1.165, 1.54) is 14.2 Å². The molecule has 0 aromatic carbocycles. The molecule has 0 fully saturated rings. The Hall–Kier alpha value is -1.46. The number of methoxy groups -OCH3 is 2. The molecule has 6 nitrogen and oxygen atoms in total. The molecule has 6 heteroatoms. The van der Waals surface area contributed by atoms with E-state index in [9.17, 15) is 9.59 Å². The fraction of sp³-hybridized carbons (Fsp3) is 0.833. The summed E-state index contributed by atoms with van der Waals surface area (Å²) in [4.78, 5) is 20.5. The Bertz CT molecular complexity index is 187. The lowest BCUT2D eigenvalue weighted by atomic mass is 10.4. The van der Waals surface area contributed by atoms with Gasteiger partial charge in [0.05, 0.1) is 27.4 Å². The topological polar surface area (TPSA) is 71.1 Å². The third-order valence-electron chi connectivity index (χ3n) is 1.77. The van der Waals surface area contributed by atoms with Crippen LogP contribution in [-0.2, 0) is 18.9 Å². The smallest absolute Gasteiger partial charge is 0.438 e. The maximum atomic E-state index is 10.7. The summed E-state index contributed by atoms with van der Waals surface area (Å²) in [6.45, 7) is 5.04. The lowest BCUT2D eigenvalue weighted by Crippen LogP contribution is -2.09. The minimum atomic E-state index is -0.657. The van der Waals surface area contributed by atoms with Crippen molar-refractivity contribution in [2.75, 3.05) is 27.4 Å². The Kier molecular flexibility index (Phi) is 16.3. The van der Waals surface area contributed by atoms with Crippen LogP contribution in [0.15, 0.2) is 0 Å². The van der Waals surface area contributed by atoms with E-state index in [0.29, 0.717) is 13.2 Å². The fourth-order valence-corrected chi connectivity index (χ4v) is 0.725. The van der Waals surface area contributed by atoms with E-state index >= 15 is 0 Å². The van der Waals surface area contributed by atoms with Gasteiger partial charge in [-0.2, -0.15) is 0 Å². The van der Waals surface area contributed by atoms with Crippen molar-refractivity contribution in [3.8, 4) is 0 Å². The van der Waals surface area contributed by atoms with Crippen LogP contribution in [0.2, 0.25) is 0 Å². The van der Waals surface area contributed by atoms with Gasteiger partial charge in [-0.15, -0.1) is 0 Å². The van der Waals surface area contributed by atoms with Crippen molar-refractivity contribution < 1.29 is 28.5 Å². The molecule has 0 saturated heterocycles. The normalized spacial score (nSPS) is 8.67. The predicted molar refractivity (Wildman–Crippen MR) is 66.5 cm³/mol. The van der Waals surface area contributed by atoms with Crippen LogP contribution in [0.25, 0.3) is 0 Å². The molecule has 0 atom stereocenters. The zero-order valence-corrected chi connectivity index (χ0v) is 11.7. The molecule has 0 radical (unpaired) electrons. The molecule has 0 heterocycles. The summed E-state index contributed by atoms with van der Waals surface area (Å²) in [6.07, 6.45) is 2.68. The van der Waals surface area contributed by atoms with Crippen molar-refractivity contribution in [2.45, 2.75) is 39.5 Å². The van der Waals surface area contributed by atoms with E-state index in [1.54, 1.807) is 0 Å². The maximum absolute atomic E-state index is 10.7. The average Bonchev–Trinajstić information content (AvgIpc) is 2.39. The SMILES string of the molecule is CCCCOC(=O)OCCCC.COC(=O)OC. The molecule has 0 N–H and O–H groups in total. The first-order valence-corrected chi connectivity index (χ1v) is 6.03. The maximum Gasteiger partial charge on any atom is 0.508 e. The molecule has 0 bridgehead atoms. The van der Waals surface area contributed by atoms with Gasteiger partial charge in [0.15, 0.2) is 0 Å². The largest absolute Gasteiger partial charge is 0.508 e. The minimum Gasteiger partial charge on any atom is -0.438 e. The molecule has 0 rings (SSSR count). The highest BCUT2D eigenvalue weighted by molar-refractivity contribution is 5.59. The molecule has 0 spiro atoms. The monoisotopic (exact) mass is 264 g/mol. The standard InChI is InChI=1S/C9H18O3.C3H6O3/c1-3-5-7-11-9(10)12-8-6-4-2;1-5-3(4)6-2/h3-8H2,1-2H3;1-2H3. The lowest BCUT2D eigenvalue weighted by Gasteiger charge is -2.04. The third-order valence-corrected chi connectivity index (χ3v) is 1.77. The van der Waals surface area contributed by atoms with Crippen LogP contribution in [0.5, 0.6) is 0 Å². The molecule has 0 aliphatic carbocycles. The van der Waals surface area contributed by atoms with E-state index in [-0.39, 0.29) is 0 Å². The summed E-state index contributed by atoms with van der Waals surface area (Å²) in [7, 11) is 2.51. The highest BCUT2D eigenvalue weighted by Crippen LogP contribution is 1.93. The fourth-order valence-electron chi connectivity index (χ4n) is 0.725. The van der Waals surface area contributed by atoms with Gasteiger partial charge in [-0.05, 0) is 12.8 Å². The summed E-state index contributed by atoms with van der Waals surface area (Å²) < 4.78 is 17.6.